The van der Waals surface area contributed by atoms with Crippen LogP contribution in [0.25, 0.3) is 0 Å². The molecule has 2 fully saturated rings. The standard InChI is InChI=1S/C17H32N2O3/c1-17(2,3)22-16(20)19(4)14-9-7-13(8-10-14)18-12-15-6-5-11-21-15/h13-15,18H,5-12H2,1-4H3. The van der Waals surface area contributed by atoms with Crippen LogP contribution in [-0.4, -0.2) is 55.0 Å². The van der Waals surface area contributed by atoms with Crippen molar-refractivity contribution in [1.29, 1.82) is 0 Å². The highest BCUT2D eigenvalue weighted by molar-refractivity contribution is 5.68. The number of nitrogens with one attached hydrogen (secondary N) is 1. The molecule has 2 aliphatic rings. The Morgan fingerprint density at radius 3 is 2.45 bits per heavy atom. The molecule has 0 bridgehead atoms. The summed E-state index contributed by atoms with van der Waals surface area (Å²) in [6.07, 6.45) is 6.89. The molecule has 0 radical (unpaired) electrons. The molecule has 22 heavy (non-hydrogen) atoms. The first-order valence-electron chi connectivity index (χ1n) is 8.66. The molecule has 1 aliphatic heterocycles. The molecule has 1 saturated carbocycles. The van der Waals surface area contributed by atoms with Gasteiger partial charge in [0.05, 0.1) is 6.10 Å². The van der Waals surface area contributed by atoms with Gasteiger partial charge in [-0.15, -0.1) is 0 Å². The van der Waals surface area contributed by atoms with E-state index in [0.717, 1.165) is 38.8 Å². The number of hydrogen-bond donors (Lipinski definition) is 1. The van der Waals surface area contributed by atoms with Crippen LogP contribution < -0.4 is 5.32 Å². The predicted molar refractivity (Wildman–Crippen MR) is 87.0 cm³/mol. The highest BCUT2D eigenvalue weighted by Gasteiger charge is 2.29. The maximum absolute atomic E-state index is 12.1. The first kappa shape index (κ1) is 17.5. The van der Waals surface area contributed by atoms with Gasteiger partial charge >= 0.3 is 6.09 Å². The van der Waals surface area contributed by atoms with Gasteiger partial charge in [0, 0.05) is 32.3 Å². The van der Waals surface area contributed by atoms with Crippen LogP contribution >= 0.6 is 0 Å². The predicted octanol–water partition coefficient (Wildman–Crippen LogP) is 2.93. The van der Waals surface area contributed by atoms with Crippen LogP contribution in [0.4, 0.5) is 4.79 Å². The van der Waals surface area contributed by atoms with Crippen molar-refractivity contribution in [2.24, 2.45) is 0 Å². The Hall–Kier alpha value is -0.810. The number of ether oxygens (including phenoxy) is 2. The number of amides is 1. The van der Waals surface area contributed by atoms with Gasteiger partial charge < -0.3 is 19.7 Å². The van der Waals surface area contributed by atoms with E-state index in [2.05, 4.69) is 5.32 Å². The fourth-order valence-corrected chi connectivity index (χ4v) is 3.25. The molecule has 0 aromatic heterocycles. The second-order valence-corrected chi connectivity index (χ2v) is 7.64. The third kappa shape index (κ3) is 5.43. The maximum atomic E-state index is 12.1. The topological polar surface area (TPSA) is 50.8 Å². The monoisotopic (exact) mass is 312 g/mol. The molecule has 0 aromatic rings. The number of rotatable bonds is 4. The van der Waals surface area contributed by atoms with Crippen molar-refractivity contribution in [2.75, 3.05) is 20.2 Å². The second-order valence-electron chi connectivity index (χ2n) is 7.64. The lowest BCUT2D eigenvalue weighted by atomic mass is 9.90. The van der Waals surface area contributed by atoms with Crippen molar-refractivity contribution in [3.8, 4) is 0 Å². The summed E-state index contributed by atoms with van der Waals surface area (Å²) in [5, 5.41) is 3.63. The summed E-state index contributed by atoms with van der Waals surface area (Å²) in [6, 6.07) is 0.864. The normalized spacial score (nSPS) is 29.4. The van der Waals surface area contributed by atoms with E-state index >= 15 is 0 Å². The van der Waals surface area contributed by atoms with Gasteiger partial charge in [-0.05, 0) is 59.3 Å². The Bertz CT molecular complexity index is 353. The largest absolute Gasteiger partial charge is 0.444 e. The maximum Gasteiger partial charge on any atom is 0.410 e. The van der Waals surface area contributed by atoms with Crippen molar-refractivity contribution in [1.82, 2.24) is 10.2 Å². The molecule has 5 nitrogen and oxygen atoms in total. The van der Waals surface area contributed by atoms with Crippen molar-refractivity contribution < 1.29 is 14.3 Å². The third-order valence-electron chi connectivity index (χ3n) is 4.58. The molecule has 1 unspecified atom stereocenters. The Kier molecular flexibility index (Phi) is 6.09. The van der Waals surface area contributed by atoms with E-state index in [9.17, 15) is 4.79 Å². The molecular formula is C17H32N2O3. The van der Waals surface area contributed by atoms with Crippen LogP contribution in [0.2, 0.25) is 0 Å². The Labute approximate surface area is 134 Å². The lowest BCUT2D eigenvalue weighted by Gasteiger charge is -2.36. The van der Waals surface area contributed by atoms with E-state index in [1.165, 1.54) is 12.8 Å². The summed E-state index contributed by atoms with van der Waals surface area (Å²) in [4.78, 5) is 13.9. The first-order valence-corrected chi connectivity index (χ1v) is 8.66. The average Bonchev–Trinajstić information content (AvgIpc) is 2.96. The molecule has 5 heteroatoms. The van der Waals surface area contributed by atoms with E-state index in [1.54, 1.807) is 4.90 Å². The van der Waals surface area contributed by atoms with E-state index in [-0.39, 0.29) is 6.09 Å². The summed E-state index contributed by atoms with van der Waals surface area (Å²) in [5.41, 5.74) is -0.425. The zero-order chi connectivity index (χ0) is 16.2. The van der Waals surface area contributed by atoms with Gasteiger partial charge in [-0.2, -0.15) is 0 Å². The van der Waals surface area contributed by atoms with Crippen molar-refractivity contribution in [2.45, 2.75) is 83.1 Å². The Balaban J connectivity index is 1.68. The first-order chi connectivity index (χ1) is 10.3. The fraction of sp³-hybridized carbons (Fsp3) is 0.941. The van der Waals surface area contributed by atoms with Gasteiger partial charge in [0.15, 0.2) is 0 Å². The zero-order valence-electron chi connectivity index (χ0n) is 14.6. The van der Waals surface area contributed by atoms with Gasteiger partial charge in [-0.3, -0.25) is 0 Å². The molecule has 1 aliphatic carbocycles. The molecular weight excluding hydrogens is 280 g/mol. The van der Waals surface area contributed by atoms with Crippen LogP contribution in [0, 0.1) is 0 Å². The number of carbonyl (C=O) groups excluding carboxylic acids is 1. The minimum atomic E-state index is -0.425. The summed E-state index contributed by atoms with van der Waals surface area (Å²) in [7, 11) is 1.86. The van der Waals surface area contributed by atoms with E-state index in [1.807, 2.05) is 27.8 Å². The molecule has 128 valence electrons. The number of carbonyl (C=O) groups is 1. The third-order valence-corrected chi connectivity index (χ3v) is 4.58. The average molecular weight is 312 g/mol. The van der Waals surface area contributed by atoms with Crippen molar-refractivity contribution in [3.63, 3.8) is 0 Å². The summed E-state index contributed by atoms with van der Waals surface area (Å²) >= 11 is 0. The summed E-state index contributed by atoms with van der Waals surface area (Å²) in [5.74, 6) is 0. The van der Waals surface area contributed by atoms with Gasteiger partial charge in [-0.25, -0.2) is 4.79 Å². The highest BCUT2D eigenvalue weighted by Crippen LogP contribution is 2.24. The molecule has 1 N–H and O–H groups in total. The van der Waals surface area contributed by atoms with E-state index in [0.29, 0.717) is 18.2 Å². The van der Waals surface area contributed by atoms with Crippen molar-refractivity contribution >= 4 is 6.09 Å². The van der Waals surface area contributed by atoms with Crippen LogP contribution in [0.1, 0.15) is 59.3 Å². The molecule has 1 saturated heterocycles. The van der Waals surface area contributed by atoms with E-state index in [4.69, 9.17) is 9.47 Å². The van der Waals surface area contributed by atoms with Gasteiger partial charge in [0.25, 0.3) is 0 Å². The molecule has 1 amide bonds. The van der Waals surface area contributed by atoms with Crippen LogP contribution in [-0.2, 0) is 9.47 Å². The quantitative estimate of drug-likeness (QED) is 0.867. The molecule has 1 heterocycles. The Morgan fingerprint density at radius 2 is 1.91 bits per heavy atom. The molecule has 0 aromatic carbocycles. The summed E-state index contributed by atoms with van der Waals surface area (Å²) in [6.45, 7) is 7.61. The lowest BCUT2D eigenvalue weighted by molar-refractivity contribution is 0.0177. The van der Waals surface area contributed by atoms with Crippen LogP contribution in [0.15, 0.2) is 0 Å². The minimum absolute atomic E-state index is 0.205. The molecule has 2 rings (SSSR count). The minimum Gasteiger partial charge on any atom is -0.444 e. The molecule has 0 spiro atoms. The highest BCUT2D eigenvalue weighted by atomic mass is 16.6. The fourth-order valence-electron chi connectivity index (χ4n) is 3.25. The number of hydrogen-bond acceptors (Lipinski definition) is 4. The lowest BCUT2D eigenvalue weighted by Crippen LogP contribution is -2.45. The van der Waals surface area contributed by atoms with Crippen molar-refractivity contribution in [3.05, 3.63) is 0 Å². The van der Waals surface area contributed by atoms with Gasteiger partial charge in [0.1, 0.15) is 5.60 Å². The van der Waals surface area contributed by atoms with Crippen LogP contribution in [0.3, 0.4) is 0 Å². The van der Waals surface area contributed by atoms with Gasteiger partial charge in [0.2, 0.25) is 0 Å². The zero-order valence-corrected chi connectivity index (χ0v) is 14.6. The smallest absolute Gasteiger partial charge is 0.410 e. The Morgan fingerprint density at radius 1 is 1.23 bits per heavy atom. The number of nitrogens with zero attached hydrogens (tertiary/aromatic N) is 1. The molecule has 1 atom stereocenters. The van der Waals surface area contributed by atoms with Gasteiger partial charge in [-0.1, -0.05) is 0 Å². The summed E-state index contributed by atoms with van der Waals surface area (Å²) < 4.78 is 11.1. The van der Waals surface area contributed by atoms with Crippen LogP contribution in [0.5, 0.6) is 0 Å². The van der Waals surface area contributed by atoms with E-state index < -0.39 is 5.60 Å². The second kappa shape index (κ2) is 7.64. The SMILES string of the molecule is CN(C(=O)OC(C)(C)C)C1CCC(NCC2CCCO2)CC1.